The molecule has 2 aromatic heterocycles. The molecule has 3 heterocycles. The van der Waals surface area contributed by atoms with Crippen molar-refractivity contribution in [3.63, 3.8) is 0 Å². The third-order valence-electron chi connectivity index (χ3n) is 4.93. The molecular formula is C20H25N5O5. The lowest BCUT2D eigenvalue weighted by molar-refractivity contribution is -0.122. The highest BCUT2D eigenvalue weighted by Crippen LogP contribution is 2.36. The fourth-order valence-electron chi connectivity index (χ4n) is 3.60. The number of nitrogens with one attached hydrogen (secondary N) is 1. The minimum absolute atomic E-state index is 0.250. The third kappa shape index (κ3) is 3.99. The van der Waals surface area contributed by atoms with E-state index < -0.39 is 5.60 Å². The Labute approximate surface area is 173 Å². The van der Waals surface area contributed by atoms with Gasteiger partial charge in [0.25, 0.3) is 6.47 Å². The molecule has 3 aromatic rings. The lowest BCUT2D eigenvalue weighted by Crippen LogP contribution is -2.32. The Bertz CT molecular complexity index is 1040. The summed E-state index contributed by atoms with van der Waals surface area (Å²) in [5.74, 6) is 2.10. The number of H-pyrrole nitrogens is 1. The van der Waals surface area contributed by atoms with Crippen molar-refractivity contribution in [2.24, 2.45) is 0 Å². The highest BCUT2D eigenvalue weighted by molar-refractivity contribution is 5.92. The number of carboxylic acid groups (broad SMARTS) is 1. The second-order valence-electron chi connectivity index (χ2n) is 7.29. The van der Waals surface area contributed by atoms with E-state index in [-0.39, 0.29) is 6.47 Å². The maximum absolute atomic E-state index is 10.4. The highest BCUT2D eigenvalue weighted by atomic mass is 16.5. The SMILES string of the molecule is COc1cc2ncnc(N3CCc4[nH]nc(C(C)(C)O)c4C3)c2cc1OC.O=CO. The molecule has 0 unspecified atom stereocenters. The Kier molecular flexibility index (Phi) is 6.06. The molecule has 0 atom stereocenters. The Hall–Kier alpha value is -3.40. The second kappa shape index (κ2) is 8.54. The number of hydrogen-bond acceptors (Lipinski definition) is 8. The number of hydrogen-bond donors (Lipinski definition) is 3. The molecule has 160 valence electrons. The Morgan fingerprint density at radius 3 is 2.50 bits per heavy atom. The summed E-state index contributed by atoms with van der Waals surface area (Å²) in [5.41, 5.74) is 2.57. The Morgan fingerprint density at radius 2 is 1.87 bits per heavy atom. The summed E-state index contributed by atoms with van der Waals surface area (Å²) in [5, 5.41) is 25.6. The Morgan fingerprint density at radius 1 is 1.20 bits per heavy atom. The van der Waals surface area contributed by atoms with Crippen molar-refractivity contribution in [2.45, 2.75) is 32.4 Å². The van der Waals surface area contributed by atoms with Crippen LogP contribution in [0.4, 0.5) is 5.82 Å². The minimum atomic E-state index is -1.00. The van der Waals surface area contributed by atoms with Gasteiger partial charge in [-0.15, -0.1) is 0 Å². The smallest absolute Gasteiger partial charge is 0.290 e. The molecule has 30 heavy (non-hydrogen) atoms. The molecule has 0 amide bonds. The first kappa shape index (κ1) is 21.3. The first-order valence-electron chi connectivity index (χ1n) is 9.32. The average molecular weight is 415 g/mol. The van der Waals surface area contributed by atoms with Gasteiger partial charge < -0.3 is 24.6 Å². The van der Waals surface area contributed by atoms with E-state index >= 15 is 0 Å². The van der Waals surface area contributed by atoms with Gasteiger partial charge in [-0.1, -0.05) is 0 Å². The van der Waals surface area contributed by atoms with E-state index in [1.165, 1.54) is 0 Å². The van der Waals surface area contributed by atoms with Gasteiger partial charge in [0.2, 0.25) is 0 Å². The molecule has 4 rings (SSSR count). The van der Waals surface area contributed by atoms with Crippen molar-refractivity contribution in [1.29, 1.82) is 0 Å². The highest BCUT2D eigenvalue weighted by Gasteiger charge is 2.30. The average Bonchev–Trinajstić information content (AvgIpc) is 3.16. The number of aliphatic hydroxyl groups is 1. The predicted octanol–water partition coefficient (Wildman–Crippen LogP) is 1.86. The van der Waals surface area contributed by atoms with Gasteiger partial charge in [0, 0.05) is 42.2 Å². The standard InChI is InChI=1S/C19H23N5O3.CH2O2/c1-19(2,25)17-12-9-24(6-5-13(12)22-23-17)18-11-7-15(26-3)16(27-4)8-14(11)20-10-21-18;2-1-3/h7-8,10,25H,5-6,9H2,1-4H3,(H,22,23);1H,(H,2,3). The number of fused-ring (bicyclic) bond motifs is 2. The van der Waals surface area contributed by atoms with E-state index in [4.69, 9.17) is 19.4 Å². The molecule has 0 bridgehead atoms. The van der Waals surface area contributed by atoms with Crippen LogP contribution in [0.5, 0.6) is 11.5 Å². The second-order valence-corrected chi connectivity index (χ2v) is 7.29. The van der Waals surface area contributed by atoms with Crippen LogP contribution < -0.4 is 14.4 Å². The van der Waals surface area contributed by atoms with Gasteiger partial charge in [-0.2, -0.15) is 5.10 Å². The molecule has 0 spiro atoms. The van der Waals surface area contributed by atoms with Gasteiger partial charge >= 0.3 is 0 Å². The van der Waals surface area contributed by atoms with Crippen LogP contribution in [0, 0.1) is 0 Å². The van der Waals surface area contributed by atoms with E-state index in [2.05, 4.69) is 25.1 Å². The van der Waals surface area contributed by atoms with Gasteiger partial charge in [0.05, 0.1) is 25.4 Å². The maximum atomic E-state index is 10.4. The first-order chi connectivity index (χ1) is 14.3. The van der Waals surface area contributed by atoms with Gasteiger partial charge in [-0.25, -0.2) is 9.97 Å². The molecule has 1 aliphatic heterocycles. The largest absolute Gasteiger partial charge is 0.493 e. The van der Waals surface area contributed by atoms with Crippen LogP contribution in [-0.4, -0.2) is 57.6 Å². The molecule has 0 aliphatic carbocycles. The Balaban J connectivity index is 0.000000806. The molecule has 1 aromatic carbocycles. The fraction of sp³-hybridized carbons (Fsp3) is 0.400. The lowest BCUT2D eigenvalue weighted by Gasteiger charge is -2.30. The number of aromatic amines is 1. The minimum Gasteiger partial charge on any atom is -0.493 e. The zero-order valence-electron chi connectivity index (χ0n) is 17.3. The number of methoxy groups -OCH3 is 2. The molecule has 0 fully saturated rings. The van der Waals surface area contributed by atoms with E-state index in [0.717, 1.165) is 40.9 Å². The number of aromatic nitrogens is 4. The maximum Gasteiger partial charge on any atom is 0.290 e. The van der Waals surface area contributed by atoms with Crippen LogP contribution >= 0.6 is 0 Å². The van der Waals surface area contributed by atoms with Crippen molar-refractivity contribution < 1.29 is 24.5 Å². The number of ether oxygens (including phenoxy) is 2. The number of nitrogens with zero attached hydrogens (tertiary/aromatic N) is 4. The van der Waals surface area contributed by atoms with Crippen molar-refractivity contribution in [3.05, 3.63) is 35.4 Å². The normalized spacial score (nSPS) is 13.3. The summed E-state index contributed by atoms with van der Waals surface area (Å²) in [6.07, 6.45) is 2.36. The monoisotopic (exact) mass is 415 g/mol. The summed E-state index contributed by atoms with van der Waals surface area (Å²) in [7, 11) is 3.22. The molecule has 0 saturated carbocycles. The van der Waals surface area contributed by atoms with Gasteiger partial charge in [-0.05, 0) is 19.9 Å². The third-order valence-corrected chi connectivity index (χ3v) is 4.93. The van der Waals surface area contributed by atoms with Crippen LogP contribution in [0.2, 0.25) is 0 Å². The number of benzene rings is 1. The van der Waals surface area contributed by atoms with Crippen LogP contribution in [0.15, 0.2) is 18.5 Å². The quantitative estimate of drug-likeness (QED) is 0.546. The summed E-state index contributed by atoms with van der Waals surface area (Å²) < 4.78 is 10.8. The topological polar surface area (TPSA) is 134 Å². The molecule has 0 saturated heterocycles. The summed E-state index contributed by atoms with van der Waals surface area (Å²) in [6.45, 7) is 4.66. The lowest BCUT2D eigenvalue weighted by atomic mass is 9.96. The molecule has 10 heteroatoms. The summed E-state index contributed by atoms with van der Waals surface area (Å²) >= 11 is 0. The van der Waals surface area contributed by atoms with Crippen molar-refractivity contribution in [3.8, 4) is 11.5 Å². The molecular weight excluding hydrogens is 390 g/mol. The van der Waals surface area contributed by atoms with Crippen molar-refractivity contribution in [2.75, 3.05) is 25.7 Å². The van der Waals surface area contributed by atoms with Gasteiger partial charge in [0.1, 0.15) is 17.7 Å². The first-order valence-corrected chi connectivity index (χ1v) is 9.32. The van der Waals surface area contributed by atoms with Gasteiger partial charge in [0.15, 0.2) is 11.5 Å². The fourth-order valence-corrected chi connectivity index (χ4v) is 3.60. The van der Waals surface area contributed by atoms with Crippen LogP contribution in [0.3, 0.4) is 0 Å². The van der Waals surface area contributed by atoms with E-state index in [0.29, 0.717) is 23.7 Å². The number of anilines is 1. The van der Waals surface area contributed by atoms with Crippen molar-refractivity contribution >= 4 is 23.2 Å². The van der Waals surface area contributed by atoms with Crippen LogP contribution in [0.25, 0.3) is 10.9 Å². The van der Waals surface area contributed by atoms with E-state index in [9.17, 15) is 5.11 Å². The number of carbonyl (C=O) groups is 1. The molecule has 0 radical (unpaired) electrons. The zero-order chi connectivity index (χ0) is 21.9. The number of rotatable bonds is 4. The van der Waals surface area contributed by atoms with Crippen molar-refractivity contribution in [1.82, 2.24) is 20.2 Å². The molecule has 3 N–H and O–H groups in total. The molecule has 10 nitrogen and oxygen atoms in total. The zero-order valence-corrected chi connectivity index (χ0v) is 17.3. The van der Waals surface area contributed by atoms with E-state index in [1.54, 1.807) is 34.4 Å². The van der Waals surface area contributed by atoms with Crippen LogP contribution in [-0.2, 0) is 23.4 Å². The molecule has 1 aliphatic rings. The van der Waals surface area contributed by atoms with Crippen LogP contribution in [0.1, 0.15) is 30.8 Å². The summed E-state index contributed by atoms with van der Waals surface area (Å²) in [6, 6.07) is 3.76. The summed E-state index contributed by atoms with van der Waals surface area (Å²) in [4.78, 5) is 19.5. The van der Waals surface area contributed by atoms with Gasteiger partial charge in [-0.3, -0.25) is 9.89 Å². The predicted molar refractivity (Wildman–Crippen MR) is 110 cm³/mol. The van der Waals surface area contributed by atoms with E-state index in [1.807, 2.05) is 12.1 Å².